The molecule has 1 heterocycles. The number of aliphatic imine (C=N–C) groups is 1. The summed E-state index contributed by atoms with van der Waals surface area (Å²) in [6, 6.07) is 6.39. The zero-order chi connectivity index (χ0) is 20.5. The summed E-state index contributed by atoms with van der Waals surface area (Å²) in [6.07, 6.45) is 7.82. The van der Waals surface area contributed by atoms with E-state index in [4.69, 9.17) is 9.73 Å². The maximum atomic E-state index is 11.7. The van der Waals surface area contributed by atoms with Crippen LogP contribution in [0.5, 0.6) is 5.75 Å². The van der Waals surface area contributed by atoms with Gasteiger partial charge in [-0.3, -0.25) is 4.79 Å². The molecule has 6 heteroatoms. The lowest BCUT2D eigenvalue weighted by molar-refractivity contribution is -0.127. The minimum Gasteiger partial charge on any atom is -0.490 e. The van der Waals surface area contributed by atoms with E-state index in [0.29, 0.717) is 25.0 Å². The Morgan fingerprint density at radius 3 is 2.79 bits per heavy atom. The van der Waals surface area contributed by atoms with Gasteiger partial charge in [0, 0.05) is 38.2 Å². The molecule has 2 N–H and O–H groups in total. The normalized spacial score (nSPS) is 17.8. The number of amides is 1. The second-order valence-electron chi connectivity index (χ2n) is 8.10. The van der Waals surface area contributed by atoms with E-state index in [1.165, 1.54) is 18.4 Å². The van der Waals surface area contributed by atoms with Crippen molar-refractivity contribution in [1.29, 1.82) is 0 Å². The number of benzene rings is 1. The van der Waals surface area contributed by atoms with E-state index in [1.54, 1.807) is 0 Å². The summed E-state index contributed by atoms with van der Waals surface area (Å²) < 4.78 is 6.30. The minimum atomic E-state index is 0.291. The third-order valence-electron chi connectivity index (χ3n) is 5.64. The molecule has 2 fully saturated rings. The van der Waals surface area contributed by atoms with Crippen LogP contribution in [0.15, 0.2) is 23.2 Å². The number of carbonyl (C=O) groups excluding carboxylic acids is 1. The molecule has 1 aliphatic carbocycles. The van der Waals surface area contributed by atoms with Crippen LogP contribution in [-0.4, -0.2) is 49.0 Å². The first-order chi connectivity index (χ1) is 14.2. The standard InChI is InChI=1S/C23H36N4O2/c1-3-24-23(25-13-7-15-27-14-6-10-22(27)28)26-17-19-12-11-18(2)16-21(19)29-20-8-4-5-9-20/h11-12,16,20H,3-10,13-15,17H2,1-2H3,(H2,24,25,26). The Balaban J connectivity index is 1.54. The van der Waals surface area contributed by atoms with Gasteiger partial charge in [0.1, 0.15) is 5.75 Å². The van der Waals surface area contributed by atoms with Gasteiger partial charge in [-0.25, -0.2) is 4.99 Å². The van der Waals surface area contributed by atoms with Crippen molar-refractivity contribution in [2.45, 2.75) is 71.4 Å². The Morgan fingerprint density at radius 1 is 1.24 bits per heavy atom. The van der Waals surface area contributed by atoms with Crippen molar-refractivity contribution >= 4 is 11.9 Å². The molecule has 1 aromatic carbocycles. The minimum absolute atomic E-state index is 0.291. The van der Waals surface area contributed by atoms with Crippen LogP contribution in [0.4, 0.5) is 0 Å². The molecule has 160 valence electrons. The summed E-state index contributed by atoms with van der Waals surface area (Å²) in [7, 11) is 0. The third kappa shape index (κ3) is 6.65. The molecule has 1 saturated carbocycles. The number of carbonyl (C=O) groups is 1. The molecule has 1 amide bonds. The predicted octanol–water partition coefficient (Wildman–Crippen LogP) is 3.38. The number of aryl methyl sites for hydroxylation is 1. The lowest BCUT2D eigenvalue weighted by Gasteiger charge is -2.18. The van der Waals surface area contributed by atoms with Crippen molar-refractivity contribution in [2.24, 2.45) is 4.99 Å². The third-order valence-corrected chi connectivity index (χ3v) is 5.64. The van der Waals surface area contributed by atoms with Crippen molar-refractivity contribution in [3.05, 3.63) is 29.3 Å². The zero-order valence-corrected chi connectivity index (χ0v) is 18.0. The van der Waals surface area contributed by atoms with Crippen LogP contribution in [0, 0.1) is 6.92 Å². The van der Waals surface area contributed by atoms with Gasteiger partial charge in [0.2, 0.25) is 5.91 Å². The van der Waals surface area contributed by atoms with E-state index >= 15 is 0 Å². The summed E-state index contributed by atoms with van der Waals surface area (Å²) in [4.78, 5) is 18.4. The van der Waals surface area contributed by atoms with Gasteiger partial charge in [-0.2, -0.15) is 0 Å². The second-order valence-corrected chi connectivity index (χ2v) is 8.10. The van der Waals surface area contributed by atoms with E-state index in [0.717, 1.165) is 69.1 Å². The Kier molecular flexibility index (Phi) is 8.20. The highest BCUT2D eigenvalue weighted by Crippen LogP contribution is 2.28. The van der Waals surface area contributed by atoms with Gasteiger partial charge in [-0.05, 0) is 64.0 Å². The quantitative estimate of drug-likeness (QED) is 0.379. The fourth-order valence-corrected chi connectivity index (χ4v) is 4.01. The molecule has 0 spiro atoms. The maximum absolute atomic E-state index is 11.7. The molecular formula is C23H36N4O2. The van der Waals surface area contributed by atoms with Crippen LogP contribution in [0.3, 0.4) is 0 Å². The summed E-state index contributed by atoms with van der Waals surface area (Å²) >= 11 is 0. The van der Waals surface area contributed by atoms with Crippen LogP contribution in [-0.2, 0) is 11.3 Å². The second kappa shape index (κ2) is 11.1. The average Bonchev–Trinajstić information content (AvgIpc) is 3.36. The van der Waals surface area contributed by atoms with Crippen molar-refractivity contribution in [2.75, 3.05) is 26.2 Å². The van der Waals surface area contributed by atoms with Crippen molar-refractivity contribution < 1.29 is 9.53 Å². The topological polar surface area (TPSA) is 66.0 Å². The van der Waals surface area contributed by atoms with E-state index < -0.39 is 0 Å². The highest BCUT2D eigenvalue weighted by atomic mass is 16.5. The summed E-state index contributed by atoms with van der Waals surface area (Å²) in [5.41, 5.74) is 2.34. The highest BCUT2D eigenvalue weighted by molar-refractivity contribution is 5.80. The summed E-state index contributed by atoms with van der Waals surface area (Å²) in [6.45, 7) is 8.10. The molecule has 0 bridgehead atoms. The Bertz CT molecular complexity index is 698. The van der Waals surface area contributed by atoms with Crippen LogP contribution < -0.4 is 15.4 Å². The Morgan fingerprint density at radius 2 is 2.07 bits per heavy atom. The van der Waals surface area contributed by atoms with Gasteiger partial charge in [0.25, 0.3) is 0 Å². The molecule has 0 aromatic heterocycles. The predicted molar refractivity (Wildman–Crippen MR) is 117 cm³/mol. The van der Waals surface area contributed by atoms with Crippen LogP contribution in [0.25, 0.3) is 0 Å². The molecule has 1 aliphatic heterocycles. The summed E-state index contributed by atoms with van der Waals surface area (Å²) in [5, 5.41) is 6.71. The fraction of sp³-hybridized carbons (Fsp3) is 0.652. The monoisotopic (exact) mass is 400 g/mol. The Hall–Kier alpha value is -2.24. The van der Waals surface area contributed by atoms with E-state index in [2.05, 4.69) is 42.7 Å². The van der Waals surface area contributed by atoms with Crippen LogP contribution in [0.2, 0.25) is 0 Å². The first kappa shape index (κ1) is 21.5. The van der Waals surface area contributed by atoms with E-state index in [1.807, 2.05) is 4.90 Å². The molecule has 2 aliphatic rings. The van der Waals surface area contributed by atoms with Gasteiger partial charge >= 0.3 is 0 Å². The summed E-state index contributed by atoms with van der Waals surface area (Å²) in [5.74, 6) is 2.08. The zero-order valence-electron chi connectivity index (χ0n) is 18.0. The van der Waals surface area contributed by atoms with E-state index in [-0.39, 0.29) is 0 Å². The highest BCUT2D eigenvalue weighted by Gasteiger charge is 2.19. The molecule has 0 unspecified atom stereocenters. The van der Waals surface area contributed by atoms with Gasteiger partial charge in [-0.15, -0.1) is 0 Å². The smallest absolute Gasteiger partial charge is 0.222 e. The molecular weight excluding hydrogens is 364 g/mol. The number of likely N-dealkylation sites (tertiary alicyclic amines) is 1. The Labute approximate surface area is 175 Å². The first-order valence-electron chi connectivity index (χ1n) is 11.2. The molecule has 3 rings (SSSR count). The number of hydrogen-bond donors (Lipinski definition) is 2. The lowest BCUT2D eigenvalue weighted by Crippen LogP contribution is -2.39. The van der Waals surface area contributed by atoms with Gasteiger partial charge in [0.15, 0.2) is 5.96 Å². The van der Waals surface area contributed by atoms with E-state index in [9.17, 15) is 4.79 Å². The fourth-order valence-electron chi connectivity index (χ4n) is 4.01. The largest absolute Gasteiger partial charge is 0.490 e. The number of rotatable bonds is 9. The molecule has 29 heavy (non-hydrogen) atoms. The number of guanidine groups is 1. The average molecular weight is 401 g/mol. The van der Waals surface area contributed by atoms with Crippen molar-refractivity contribution in [3.8, 4) is 5.75 Å². The lowest BCUT2D eigenvalue weighted by atomic mass is 10.1. The first-order valence-corrected chi connectivity index (χ1v) is 11.2. The van der Waals surface area contributed by atoms with Crippen LogP contribution in [0.1, 0.15) is 63.0 Å². The van der Waals surface area contributed by atoms with Crippen molar-refractivity contribution in [3.63, 3.8) is 0 Å². The number of nitrogens with one attached hydrogen (secondary N) is 2. The van der Waals surface area contributed by atoms with Gasteiger partial charge in [0.05, 0.1) is 12.6 Å². The van der Waals surface area contributed by atoms with Gasteiger partial charge in [-0.1, -0.05) is 12.1 Å². The maximum Gasteiger partial charge on any atom is 0.222 e. The number of ether oxygens (including phenoxy) is 1. The molecule has 1 aromatic rings. The van der Waals surface area contributed by atoms with Crippen molar-refractivity contribution in [1.82, 2.24) is 15.5 Å². The van der Waals surface area contributed by atoms with Crippen LogP contribution >= 0.6 is 0 Å². The molecule has 0 radical (unpaired) electrons. The SMILES string of the molecule is CCNC(=NCc1ccc(C)cc1OC1CCCC1)NCCCN1CCCC1=O. The number of hydrogen-bond acceptors (Lipinski definition) is 3. The molecule has 1 saturated heterocycles. The molecule has 0 atom stereocenters. The molecule has 6 nitrogen and oxygen atoms in total. The van der Waals surface area contributed by atoms with Gasteiger partial charge < -0.3 is 20.3 Å². The number of nitrogens with zero attached hydrogens (tertiary/aromatic N) is 2.